The van der Waals surface area contributed by atoms with Crippen molar-refractivity contribution in [2.24, 2.45) is 0 Å². The van der Waals surface area contributed by atoms with Crippen LogP contribution in [-0.4, -0.2) is 9.97 Å². The second kappa shape index (κ2) is 4.05. The third-order valence-corrected chi connectivity index (χ3v) is 2.97. The van der Waals surface area contributed by atoms with Gasteiger partial charge in [-0.2, -0.15) is 0 Å². The molecule has 1 aromatic heterocycles. The minimum absolute atomic E-state index is 0.369. The Morgan fingerprint density at radius 1 is 1.13 bits per heavy atom. The maximum Gasteiger partial charge on any atom is 0.200 e. The summed E-state index contributed by atoms with van der Waals surface area (Å²) in [7, 11) is 0. The Hall–Kier alpha value is -0.700. The highest BCUT2D eigenvalue weighted by atomic mass is 35.5. The highest BCUT2D eigenvalue weighted by Gasteiger charge is 2.09. The summed E-state index contributed by atoms with van der Waals surface area (Å²) in [4.78, 5) is 7.08. The van der Waals surface area contributed by atoms with E-state index in [2.05, 4.69) is 9.97 Å². The quantitative estimate of drug-likeness (QED) is 0.812. The molecule has 1 heterocycles. The number of aromatic nitrogens is 2. The highest BCUT2D eigenvalue weighted by Crippen LogP contribution is 2.29. The van der Waals surface area contributed by atoms with E-state index in [0.29, 0.717) is 15.3 Å². The highest BCUT2D eigenvalue weighted by molar-refractivity contribution is 6.42. The molecule has 15 heavy (non-hydrogen) atoms. The number of nitrogens with zero attached hydrogens (tertiary/aromatic N) is 1. The molecule has 1 N–H and O–H groups in total. The second-order valence-corrected chi connectivity index (χ2v) is 4.30. The molecule has 78 valence electrons. The summed E-state index contributed by atoms with van der Waals surface area (Å²) in [6.07, 6.45) is 0. The zero-order valence-electron chi connectivity index (χ0n) is 7.81. The average Bonchev–Trinajstić information content (AvgIpc) is 2.50. The van der Waals surface area contributed by atoms with E-state index in [1.165, 1.54) is 0 Å². The molecule has 0 bridgehead atoms. The molecule has 0 amide bonds. The molecule has 0 unspecified atom stereocenters. The Kier molecular flexibility index (Phi) is 2.91. The number of hydrogen-bond donors (Lipinski definition) is 1. The van der Waals surface area contributed by atoms with E-state index in [1.54, 1.807) is 12.1 Å². The zero-order valence-corrected chi connectivity index (χ0v) is 10.1. The van der Waals surface area contributed by atoms with E-state index in [9.17, 15) is 0 Å². The molecule has 0 saturated carbocycles. The molecule has 0 aliphatic rings. The standard InChI is InChI=1S/C10H7Cl3N2/c1-5-9(15-10(13)14-5)6-2-3-7(11)8(12)4-6/h2-4H,1H3,(H,14,15). The number of halogens is 3. The molecule has 0 aliphatic heterocycles. The van der Waals surface area contributed by atoms with Crippen LogP contribution in [0.2, 0.25) is 15.3 Å². The van der Waals surface area contributed by atoms with Crippen molar-refractivity contribution < 1.29 is 0 Å². The van der Waals surface area contributed by atoms with Crippen molar-refractivity contribution in [2.75, 3.05) is 0 Å². The van der Waals surface area contributed by atoms with Crippen LogP contribution < -0.4 is 0 Å². The Labute approximate surface area is 102 Å². The van der Waals surface area contributed by atoms with Crippen LogP contribution in [0.15, 0.2) is 18.2 Å². The molecule has 0 fully saturated rings. The van der Waals surface area contributed by atoms with E-state index in [4.69, 9.17) is 34.8 Å². The van der Waals surface area contributed by atoms with E-state index in [-0.39, 0.29) is 0 Å². The predicted molar refractivity (Wildman–Crippen MR) is 63.8 cm³/mol. The molecule has 2 rings (SSSR count). The first-order chi connectivity index (χ1) is 7.08. The third kappa shape index (κ3) is 2.12. The summed E-state index contributed by atoms with van der Waals surface area (Å²) in [5.74, 6) is 0. The molecule has 0 atom stereocenters. The molecular weight excluding hydrogens is 254 g/mol. The molecule has 1 aromatic carbocycles. The van der Waals surface area contributed by atoms with Crippen molar-refractivity contribution in [3.05, 3.63) is 39.2 Å². The first-order valence-corrected chi connectivity index (χ1v) is 5.39. The van der Waals surface area contributed by atoms with Crippen LogP contribution in [0.25, 0.3) is 11.3 Å². The van der Waals surface area contributed by atoms with Crippen LogP contribution in [0.3, 0.4) is 0 Å². The number of H-pyrrole nitrogens is 1. The van der Waals surface area contributed by atoms with Gasteiger partial charge < -0.3 is 4.98 Å². The fourth-order valence-corrected chi connectivity index (χ4v) is 1.87. The number of imidazole rings is 1. The van der Waals surface area contributed by atoms with Crippen molar-refractivity contribution in [1.82, 2.24) is 9.97 Å². The van der Waals surface area contributed by atoms with Gasteiger partial charge in [-0.25, -0.2) is 4.98 Å². The van der Waals surface area contributed by atoms with Crippen LogP contribution in [-0.2, 0) is 0 Å². The van der Waals surface area contributed by atoms with Crippen molar-refractivity contribution in [1.29, 1.82) is 0 Å². The van der Waals surface area contributed by atoms with Crippen LogP contribution in [0, 0.1) is 6.92 Å². The van der Waals surface area contributed by atoms with Crippen molar-refractivity contribution in [3.63, 3.8) is 0 Å². The van der Waals surface area contributed by atoms with Gasteiger partial charge in [0.1, 0.15) is 0 Å². The molecule has 0 aliphatic carbocycles. The van der Waals surface area contributed by atoms with Crippen LogP contribution in [0.4, 0.5) is 0 Å². The van der Waals surface area contributed by atoms with E-state index in [0.717, 1.165) is 17.0 Å². The Morgan fingerprint density at radius 3 is 2.40 bits per heavy atom. The summed E-state index contributed by atoms with van der Waals surface area (Å²) < 4.78 is 0. The van der Waals surface area contributed by atoms with Gasteiger partial charge in [0.25, 0.3) is 0 Å². The lowest BCUT2D eigenvalue weighted by molar-refractivity contribution is 1.25. The second-order valence-electron chi connectivity index (χ2n) is 3.13. The lowest BCUT2D eigenvalue weighted by Crippen LogP contribution is -1.81. The maximum atomic E-state index is 5.92. The van der Waals surface area contributed by atoms with Crippen LogP contribution in [0.5, 0.6) is 0 Å². The van der Waals surface area contributed by atoms with Crippen molar-refractivity contribution >= 4 is 34.8 Å². The molecular formula is C10H7Cl3N2. The Morgan fingerprint density at radius 2 is 1.87 bits per heavy atom. The van der Waals surface area contributed by atoms with Crippen LogP contribution in [0.1, 0.15) is 5.69 Å². The number of hydrogen-bond acceptors (Lipinski definition) is 1. The number of aromatic amines is 1. The fraction of sp³-hybridized carbons (Fsp3) is 0.100. The summed E-state index contributed by atoms with van der Waals surface area (Å²) in [5.41, 5.74) is 2.59. The first-order valence-electron chi connectivity index (χ1n) is 4.25. The van der Waals surface area contributed by atoms with Gasteiger partial charge in [0.15, 0.2) is 0 Å². The van der Waals surface area contributed by atoms with Gasteiger partial charge in [0.05, 0.1) is 15.7 Å². The molecule has 0 spiro atoms. The Bertz CT molecular complexity index is 505. The maximum absolute atomic E-state index is 5.92. The summed E-state index contributed by atoms with van der Waals surface area (Å²) in [6, 6.07) is 5.36. The predicted octanol–water partition coefficient (Wildman–Crippen LogP) is 4.35. The lowest BCUT2D eigenvalue weighted by atomic mass is 10.1. The average molecular weight is 262 g/mol. The number of aryl methyl sites for hydroxylation is 1. The van der Waals surface area contributed by atoms with E-state index < -0.39 is 0 Å². The molecule has 2 nitrogen and oxygen atoms in total. The van der Waals surface area contributed by atoms with Crippen LogP contribution >= 0.6 is 34.8 Å². The van der Waals surface area contributed by atoms with Gasteiger partial charge in [0.2, 0.25) is 5.28 Å². The van der Waals surface area contributed by atoms with Crippen molar-refractivity contribution in [2.45, 2.75) is 6.92 Å². The topological polar surface area (TPSA) is 28.7 Å². The molecule has 5 heteroatoms. The van der Waals surface area contributed by atoms with Gasteiger partial charge in [-0.1, -0.05) is 29.3 Å². The Balaban J connectivity index is 2.54. The zero-order chi connectivity index (χ0) is 11.0. The van der Waals surface area contributed by atoms with E-state index >= 15 is 0 Å². The summed E-state index contributed by atoms with van der Waals surface area (Å²) >= 11 is 17.5. The lowest BCUT2D eigenvalue weighted by Gasteiger charge is -2.00. The first kappa shape index (κ1) is 10.8. The van der Waals surface area contributed by atoms with Gasteiger partial charge >= 0.3 is 0 Å². The fourth-order valence-electron chi connectivity index (χ4n) is 1.35. The molecule has 0 saturated heterocycles. The molecule has 0 radical (unpaired) electrons. The molecule has 2 aromatic rings. The van der Waals surface area contributed by atoms with Gasteiger partial charge in [0, 0.05) is 11.3 Å². The monoisotopic (exact) mass is 260 g/mol. The normalized spacial score (nSPS) is 10.7. The van der Waals surface area contributed by atoms with E-state index in [1.807, 2.05) is 13.0 Å². The summed E-state index contributed by atoms with van der Waals surface area (Å²) in [6.45, 7) is 1.90. The van der Waals surface area contributed by atoms with Gasteiger partial charge in [-0.05, 0) is 30.7 Å². The largest absolute Gasteiger partial charge is 0.332 e. The summed E-state index contributed by atoms with van der Waals surface area (Å²) in [5, 5.41) is 1.40. The third-order valence-electron chi connectivity index (χ3n) is 2.05. The number of rotatable bonds is 1. The van der Waals surface area contributed by atoms with Gasteiger partial charge in [-0.3, -0.25) is 0 Å². The minimum Gasteiger partial charge on any atom is -0.332 e. The van der Waals surface area contributed by atoms with Gasteiger partial charge in [-0.15, -0.1) is 0 Å². The number of nitrogens with one attached hydrogen (secondary N) is 1. The van der Waals surface area contributed by atoms with Crippen molar-refractivity contribution in [3.8, 4) is 11.3 Å². The smallest absolute Gasteiger partial charge is 0.200 e. The SMILES string of the molecule is Cc1[nH]c(Cl)nc1-c1ccc(Cl)c(Cl)c1. The minimum atomic E-state index is 0.369. The number of benzene rings is 1.